The van der Waals surface area contributed by atoms with Gasteiger partial charge in [0.1, 0.15) is 18.1 Å². The van der Waals surface area contributed by atoms with Crippen LogP contribution in [0.25, 0.3) is 11.2 Å². The number of nitrogens with zero attached hydrogens (tertiary/aromatic N) is 4. The lowest BCUT2D eigenvalue weighted by molar-refractivity contribution is -0.0230. The van der Waals surface area contributed by atoms with E-state index >= 15 is 0 Å². The average Bonchev–Trinajstić information content (AvgIpc) is 3.19. The first kappa shape index (κ1) is 24.5. The lowest BCUT2D eigenvalue weighted by Gasteiger charge is -2.19. The van der Waals surface area contributed by atoms with Gasteiger partial charge in [-0.3, -0.25) is 9.09 Å². The molecule has 0 amide bonds. The zero-order valence-corrected chi connectivity index (χ0v) is 18.5. The van der Waals surface area contributed by atoms with Gasteiger partial charge in [0.2, 0.25) is 0 Å². The molecule has 31 heavy (non-hydrogen) atoms. The van der Waals surface area contributed by atoms with Crippen molar-refractivity contribution < 1.29 is 51.2 Å². The normalized spacial score (nSPS) is 26.1. The average molecular weight is 503 g/mol. The largest absolute Gasteiger partial charge is 0.490 e. The van der Waals surface area contributed by atoms with E-state index in [1.807, 2.05) is 6.92 Å². The number of nitrogens with two attached hydrogens (primary N) is 1. The molecule has 174 valence electrons. The fraction of sp³-hybridized carbons (Fsp3) is 0.583. The molecule has 0 saturated carbocycles. The Morgan fingerprint density at radius 1 is 1.16 bits per heavy atom. The van der Waals surface area contributed by atoms with Gasteiger partial charge in [0.25, 0.3) is 0 Å². The standard InChI is InChI=1S/C12H20N5O11P3/c1-2-8-11-12(15-5-14-8)17(6-16-11)10-3-7(13)9(26-10)4-25-30(21,22)28-31(23,24)27-29(18,19)20/h5-7,9-10H,2-4,13H2,1H3,(H,21,22)(H,23,24)(H2,18,19,20). The van der Waals surface area contributed by atoms with Crippen molar-refractivity contribution >= 4 is 34.6 Å². The highest BCUT2D eigenvalue weighted by Gasteiger charge is 2.42. The minimum absolute atomic E-state index is 0.265. The molecule has 6 N–H and O–H groups in total. The maximum Gasteiger partial charge on any atom is 0.490 e. The number of hydrogen-bond acceptors (Lipinski definition) is 11. The molecule has 0 aliphatic carbocycles. The first-order valence-electron chi connectivity index (χ1n) is 8.66. The van der Waals surface area contributed by atoms with Crippen LogP contribution in [0.4, 0.5) is 0 Å². The Labute approximate surface area is 174 Å². The van der Waals surface area contributed by atoms with Gasteiger partial charge < -0.3 is 30.0 Å². The van der Waals surface area contributed by atoms with Gasteiger partial charge in [0, 0.05) is 12.5 Å². The van der Waals surface area contributed by atoms with Crippen LogP contribution in [0.2, 0.25) is 0 Å². The molecule has 0 spiro atoms. The third kappa shape index (κ3) is 6.23. The molecular formula is C12H20N5O11P3. The van der Waals surface area contributed by atoms with Gasteiger partial charge in [0.15, 0.2) is 5.65 Å². The second-order valence-electron chi connectivity index (χ2n) is 6.41. The Morgan fingerprint density at radius 3 is 2.52 bits per heavy atom. The predicted octanol–water partition coefficient (Wildman–Crippen LogP) is 0.347. The van der Waals surface area contributed by atoms with Crippen LogP contribution >= 0.6 is 23.5 Å². The second kappa shape index (κ2) is 9.02. The van der Waals surface area contributed by atoms with Gasteiger partial charge in [-0.2, -0.15) is 8.62 Å². The van der Waals surface area contributed by atoms with Crippen LogP contribution in [0.1, 0.15) is 25.3 Å². The Bertz CT molecular complexity index is 1090. The molecule has 5 unspecified atom stereocenters. The highest BCUT2D eigenvalue weighted by atomic mass is 31.3. The summed E-state index contributed by atoms with van der Waals surface area (Å²) in [5, 5.41) is 0. The Kier molecular flexibility index (Phi) is 7.14. The van der Waals surface area contributed by atoms with E-state index in [4.69, 9.17) is 25.2 Å². The molecular weight excluding hydrogens is 483 g/mol. The van der Waals surface area contributed by atoms with Crippen LogP contribution < -0.4 is 5.73 Å². The number of aryl methyl sites for hydroxylation is 1. The van der Waals surface area contributed by atoms with Crippen molar-refractivity contribution in [3.05, 3.63) is 18.3 Å². The highest BCUT2D eigenvalue weighted by Crippen LogP contribution is 2.66. The minimum Gasteiger partial charge on any atom is -0.351 e. The van der Waals surface area contributed by atoms with Crippen molar-refractivity contribution in [3.8, 4) is 0 Å². The molecule has 0 aromatic carbocycles. The molecule has 2 aromatic heterocycles. The van der Waals surface area contributed by atoms with Gasteiger partial charge in [-0.1, -0.05) is 6.92 Å². The lowest BCUT2D eigenvalue weighted by atomic mass is 10.1. The van der Waals surface area contributed by atoms with Crippen molar-refractivity contribution in [3.63, 3.8) is 0 Å². The summed E-state index contributed by atoms with van der Waals surface area (Å²) in [5.74, 6) is 0. The van der Waals surface area contributed by atoms with E-state index in [0.717, 1.165) is 5.69 Å². The van der Waals surface area contributed by atoms with Gasteiger partial charge in [-0.05, 0) is 6.42 Å². The molecule has 2 aromatic rings. The molecule has 19 heteroatoms. The fourth-order valence-electron chi connectivity index (χ4n) is 2.93. The Hall–Kier alpha value is -1.12. The summed E-state index contributed by atoms with van der Waals surface area (Å²) in [6, 6.07) is -0.665. The first-order chi connectivity index (χ1) is 14.3. The summed E-state index contributed by atoms with van der Waals surface area (Å²) in [4.78, 5) is 48.4. The molecule has 5 atom stereocenters. The molecule has 3 heterocycles. The molecule has 3 rings (SSSR count). The SMILES string of the molecule is CCc1ncnc2c1ncn2C1CC(N)C(COP(=O)(O)OP(=O)(O)OP(=O)(O)O)O1. The molecule has 1 fully saturated rings. The Balaban J connectivity index is 1.65. The number of aromatic nitrogens is 4. The number of ether oxygens (including phenoxy) is 1. The fourth-order valence-corrected chi connectivity index (χ4v) is 5.96. The lowest BCUT2D eigenvalue weighted by Crippen LogP contribution is -2.33. The topological polar surface area (TPSA) is 239 Å². The molecule has 1 saturated heterocycles. The third-order valence-corrected chi connectivity index (χ3v) is 7.98. The summed E-state index contributed by atoms with van der Waals surface area (Å²) in [6.45, 7) is 1.28. The predicted molar refractivity (Wildman–Crippen MR) is 101 cm³/mol. The van der Waals surface area contributed by atoms with E-state index < -0.39 is 48.4 Å². The summed E-state index contributed by atoms with van der Waals surface area (Å²) in [5.41, 5.74) is 7.85. The van der Waals surface area contributed by atoms with E-state index in [2.05, 4.69) is 28.1 Å². The van der Waals surface area contributed by atoms with Gasteiger partial charge in [-0.15, -0.1) is 0 Å². The number of phosphoric acid groups is 3. The molecule has 0 radical (unpaired) electrons. The van der Waals surface area contributed by atoms with Crippen molar-refractivity contribution in [1.82, 2.24) is 19.5 Å². The Morgan fingerprint density at radius 2 is 1.87 bits per heavy atom. The van der Waals surface area contributed by atoms with E-state index in [1.165, 1.54) is 12.7 Å². The van der Waals surface area contributed by atoms with Gasteiger partial charge in [-0.25, -0.2) is 28.6 Å². The van der Waals surface area contributed by atoms with Crippen molar-refractivity contribution in [1.29, 1.82) is 0 Å². The monoisotopic (exact) mass is 503 g/mol. The summed E-state index contributed by atoms with van der Waals surface area (Å²) < 4.78 is 53.1. The molecule has 1 aliphatic heterocycles. The molecule has 16 nitrogen and oxygen atoms in total. The number of fused-ring (bicyclic) bond motifs is 1. The van der Waals surface area contributed by atoms with Crippen LogP contribution in [0.15, 0.2) is 12.7 Å². The molecule has 0 bridgehead atoms. The number of imidazole rings is 1. The van der Waals surface area contributed by atoms with Crippen LogP contribution in [0, 0.1) is 0 Å². The van der Waals surface area contributed by atoms with Gasteiger partial charge in [0.05, 0.1) is 24.7 Å². The zero-order chi connectivity index (χ0) is 23.0. The van der Waals surface area contributed by atoms with Crippen molar-refractivity contribution in [2.75, 3.05) is 6.61 Å². The first-order valence-corrected chi connectivity index (χ1v) is 13.2. The summed E-state index contributed by atoms with van der Waals surface area (Å²) in [7, 11) is -16.3. The van der Waals surface area contributed by atoms with E-state index in [1.54, 1.807) is 4.57 Å². The smallest absolute Gasteiger partial charge is 0.351 e. The number of phosphoric ester groups is 1. The van der Waals surface area contributed by atoms with E-state index in [9.17, 15) is 18.6 Å². The third-order valence-electron chi connectivity index (χ3n) is 4.18. The highest BCUT2D eigenvalue weighted by molar-refractivity contribution is 7.66. The van der Waals surface area contributed by atoms with Gasteiger partial charge >= 0.3 is 23.5 Å². The van der Waals surface area contributed by atoms with Crippen LogP contribution in [-0.4, -0.2) is 57.8 Å². The number of hydrogen-bond donors (Lipinski definition) is 5. The summed E-state index contributed by atoms with van der Waals surface area (Å²) in [6.07, 6.45) is 2.24. The maximum absolute atomic E-state index is 11.9. The number of rotatable bonds is 9. The maximum atomic E-state index is 11.9. The molecule has 1 aliphatic rings. The van der Waals surface area contributed by atoms with Crippen LogP contribution in [0.5, 0.6) is 0 Å². The minimum atomic E-state index is -5.60. The zero-order valence-electron chi connectivity index (χ0n) is 15.9. The quantitative estimate of drug-likeness (QED) is 0.290. The van der Waals surface area contributed by atoms with E-state index in [0.29, 0.717) is 17.6 Å². The summed E-state index contributed by atoms with van der Waals surface area (Å²) >= 11 is 0. The second-order valence-corrected chi connectivity index (χ2v) is 10.8. The van der Waals surface area contributed by atoms with Crippen molar-refractivity contribution in [2.45, 2.75) is 38.1 Å². The van der Waals surface area contributed by atoms with Crippen LogP contribution in [-0.2, 0) is 38.0 Å². The van der Waals surface area contributed by atoms with E-state index in [-0.39, 0.29) is 6.42 Å². The van der Waals surface area contributed by atoms with Crippen molar-refractivity contribution in [2.24, 2.45) is 5.73 Å². The van der Waals surface area contributed by atoms with Crippen LogP contribution in [0.3, 0.4) is 0 Å².